The molecule has 2 rings (SSSR count). The topological polar surface area (TPSA) is 44.7 Å². The molecule has 1 amide bonds. The van der Waals surface area contributed by atoms with Gasteiger partial charge in [-0.05, 0) is 25.2 Å². The average molecular weight is 311 g/mol. The second kappa shape index (κ2) is 6.74. The van der Waals surface area contributed by atoms with Gasteiger partial charge < -0.3 is 10.2 Å². The van der Waals surface area contributed by atoms with Crippen LogP contribution in [0.1, 0.15) is 18.9 Å². The van der Waals surface area contributed by atoms with Gasteiger partial charge in [0.25, 0.3) is 0 Å². The third-order valence-electron chi connectivity index (χ3n) is 3.43. The minimum absolute atomic E-state index is 0.103. The molecule has 1 heterocycles. The molecular formula is C15H16F3N3O. The van der Waals surface area contributed by atoms with Crippen LogP contribution in [0.2, 0.25) is 0 Å². The fourth-order valence-corrected chi connectivity index (χ4v) is 2.38. The van der Waals surface area contributed by atoms with Crippen LogP contribution in [0.4, 0.5) is 13.3 Å². The van der Waals surface area contributed by atoms with E-state index in [1.807, 2.05) is 11.9 Å². The highest BCUT2D eigenvalue weighted by Crippen LogP contribution is 2.21. The maximum absolute atomic E-state index is 13.4. The van der Waals surface area contributed by atoms with Crippen molar-refractivity contribution < 1.29 is 18.1 Å². The highest BCUT2D eigenvalue weighted by Gasteiger charge is 2.23. The van der Waals surface area contributed by atoms with Crippen molar-refractivity contribution >= 4 is 11.6 Å². The van der Waals surface area contributed by atoms with Crippen LogP contribution in [0.15, 0.2) is 34.7 Å². The zero-order valence-electron chi connectivity index (χ0n) is 12.3. The van der Waals surface area contributed by atoms with Gasteiger partial charge in [-0.15, -0.1) is 0 Å². The van der Waals surface area contributed by atoms with Crippen LogP contribution in [0.5, 0.6) is 0 Å². The zero-order chi connectivity index (χ0) is 16.3. The maximum atomic E-state index is 13.4. The summed E-state index contributed by atoms with van der Waals surface area (Å²) in [6.45, 7) is 2.39. The van der Waals surface area contributed by atoms with Crippen molar-refractivity contribution in [1.82, 2.24) is 10.2 Å². The monoisotopic (exact) mass is 311 g/mol. The van der Waals surface area contributed by atoms with Crippen molar-refractivity contribution in [2.24, 2.45) is 5.21 Å². The molecule has 0 saturated heterocycles. The molecule has 1 aliphatic heterocycles. The number of carbonyl (C=O) groups is 1. The Balaban J connectivity index is 2.48. The van der Waals surface area contributed by atoms with Crippen molar-refractivity contribution in [1.29, 1.82) is 0 Å². The van der Waals surface area contributed by atoms with E-state index >= 15 is 0 Å². The Labute approximate surface area is 126 Å². The van der Waals surface area contributed by atoms with E-state index in [0.717, 1.165) is 12.1 Å². The van der Waals surface area contributed by atoms with E-state index in [-0.39, 0.29) is 17.2 Å². The van der Waals surface area contributed by atoms with E-state index in [1.165, 1.54) is 13.0 Å². The molecule has 1 aromatic rings. The van der Waals surface area contributed by atoms with Crippen molar-refractivity contribution in [3.05, 3.63) is 46.7 Å². The summed E-state index contributed by atoms with van der Waals surface area (Å²) in [5.74, 6) is -2.37. The Morgan fingerprint density at radius 2 is 2.05 bits per heavy atom. The lowest BCUT2D eigenvalue weighted by molar-refractivity contribution is -0.118. The van der Waals surface area contributed by atoms with Crippen molar-refractivity contribution in [3.63, 3.8) is 0 Å². The summed E-state index contributed by atoms with van der Waals surface area (Å²) in [5.41, 5.74) is 1.02. The van der Waals surface area contributed by atoms with Gasteiger partial charge in [0.1, 0.15) is 5.71 Å². The zero-order valence-corrected chi connectivity index (χ0v) is 12.3. The van der Waals surface area contributed by atoms with E-state index in [0.29, 0.717) is 30.8 Å². The van der Waals surface area contributed by atoms with Gasteiger partial charge in [-0.3, -0.25) is 4.79 Å². The van der Waals surface area contributed by atoms with Crippen LogP contribution < -0.4 is 5.32 Å². The van der Waals surface area contributed by atoms with Gasteiger partial charge in [0.05, 0.1) is 0 Å². The SMILES string of the molecule is CC(=O)NC1=C(/C(=N/F)c2ccc(F)c(F)c2)CN(C)CC1. The Kier molecular flexibility index (Phi) is 4.97. The van der Waals surface area contributed by atoms with Crippen molar-refractivity contribution in [2.45, 2.75) is 13.3 Å². The number of rotatable bonds is 3. The Morgan fingerprint density at radius 1 is 1.32 bits per heavy atom. The smallest absolute Gasteiger partial charge is 0.221 e. The first kappa shape index (κ1) is 16.2. The van der Waals surface area contributed by atoms with Crippen LogP contribution in [0, 0.1) is 11.6 Å². The third kappa shape index (κ3) is 3.54. The molecule has 0 aliphatic carbocycles. The van der Waals surface area contributed by atoms with Gasteiger partial charge in [0, 0.05) is 43.3 Å². The minimum atomic E-state index is -1.08. The molecule has 0 spiro atoms. The molecular weight excluding hydrogens is 295 g/mol. The predicted octanol–water partition coefficient (Wildman–Crippen LogP) is 2.36. The molecule has 0 fully saturated rings. The second-order valence-corrected chi connectivity index (χ2v) is 5.19. The molecule has 118 valence electrons. The number of carbonyl (C=O) groups excluding carboxylic acids is 1. The molecule has 1 aliphatic rings. The number of nitrogens with one attached hydrogen (secondary N) is 1. The highest BCUT2D eigenvalue weighted by atomic mass is 19.2. The van der Waals surface area contributed by atoms with Crippen molar-refractivity contribution in [3.8, 4) is 0 Å². The average Bonchev–Trinajstić information content (AvgIpc) is 2.46. The van der Waals surface area contributed by atoms with Crippen LogP contribution >= 0.6 is 0 Å². The molecule has 1 aromatic carbocycles. The molecule has 7 heteroatoms. The van der Waals surface area contributed by atoms with E-state index < -0.39 is 11.6 Å². The lowest BCUT2D eigenvalue weighted by Crippen LogP contribution is -2.36. The number of hydrogen-bond acceptors (Lipinski definition) is 3. The first-order chi connectivity index (χ1) is 10.4. The van der Waals surface area contributed by atoms with E-state index in [2.05, 4.69) is 10.5 Å². The van der Waals surface area contributed by atoms with Gasteiger partial charge >= 0.3 is 0 Å². The van der Waals surface area contributed by atoms with Crippen LogP contribution in [0.3, 0.4) is 0 Å². The molecule has 0 atom stereocenters. The molecule has 0 bridgehead atoms. The summed E-state index contributed by atoms with van der Waals surface area (Å²) in [4.78, 5) is 13.2. The predicted molar refractivity (Wildman–Crippen MR) is 77.0 cm³/mol. The lowest BCUT2D eigenvalue weighted by atomic mass is 9.96. The molecule has 0 saturated carbocycles. The Morgan fingerprint density at radius 3 is 2.64 bits per heavy atom. The number of hydrogen-bond donors (Lipinski definition) is 1. The van der Waals surface area contributed by atoms with Gasteiger partial charge in [0.15, 0.2) is 11.6 Å². The molecule has 0 unspecified atom stereocenters. The first-order valence-corrected chi connectivity index (χ1v) is 6.75. The van der Waals surface area contributed by atoms with E-state index in [9.17, 15) is 18.1 Å². The standard InChI is InChI=1S/C15H16F3N3O/c1-9(22)19-14-5-6-21(2)8-11(14)15(20-18)10-3-4-12(16)13(17)7-10/h3-4,7H,5-6,8H2,1-2H3,(H,19,22)/b20-15+. The molecule has 22 heavy (non-hydrogen) atoms. The fourth-order valence-electron chi connectivity index (χ4n) is 2.38. The summed E-state index contributed by atoms with van der Waals surface area (Å²) >= 11 is 0. The van der Waals surface area contributed by atoms with Crippen molar-refractivity contribution in [2.75, 3.05) is 20.1 Å². The molecule has 4 nitrogen and oxygen atoms in total. The van der Waals surface area contributed by atoms with Crippen LogP contribution in [-0.4, -0.2) is 36.7 Å². The van der Waals surface area contributed by atoms with Gasteiger partial charge in [-0.25, -0.2) is 8.78 Å². The van der Waals surface area contributed by atoms with E-state index in [1.54, 1.807) is 0 Å². The minimum Gasteiger partial charge on any atom is -0.330 e. The summed E-state index contributed by atoms with van der Waals surface area (Å²) in [5, 5.41) is 5.40. The fraction of sp³-hybridized carbons (Fsp3) is 0.333. The number of amides is 1. The normalized spacial score (nSPS) is 16.9. The largest absolute Gasteiger partial charge is 0.330 e. The van der Waals surface area contributed by atoms with E-state index in [4.69, 9.17) is 0 Å². The summed E-state index contributed by atoms with van der Waals surface area (Å²) in [6, 6.07) is 3.06. The van der Waals surface area contributed by atoms with Crippen LogP contribution in [-0.2, 0) is 4.79 Å². The third-order valence-corrected chi connectivity index (χ3v) is 3.43. The Hall–Kier alpha value is -2.15. The number of halogens is 3. The van der Waals surface area contributed by atoms with Gasteiger partial charge in [0.2, 0.25) is 5.91 Å². The summed E-state index contributed by atoms with van der Waals surface area (Å²) < 4.78 is 39.6. The van der Waals surface area contributed by atoms with Crippen LogP contribution in [0.25, 0.3) is 0 Å². The number of nitrogens with zero attached hydrogens (tertiary/aromatic N) is 2. The number of likely N-dealkylation sites (N-methyl/N-ethyl adjacent to an activating group) is 1. The second-order valence-electron chi connectivity index (χ2n) is 5.19. The quantitative estimate of drug-likeness (QED) is 0.871. The maximum Gasteiger partial charge on any atom is 0.221 e. The molecule has 0 aromatic heterocycles. The summed E-state index contributed by atoms with van der Waals surface area (Å²) in [7, 11) is 1.84. The summed E-state index contributed by atoms with van der Waals surface area (Å²) in [6.07, 6.45) is 0.508. The molecule has 0 radical (unpaired) electrons. The number of benzene rings is 1. The van der Waals surface area contributed by atoms with Gasteiger partial charge in [-0.1, -0.05) is 9.70 Å². The first-order valence-electron chi connectivity index (χ1n) is 6.75. The van der Waals surface area contributed by atoms with Gasteiger partial charge in [-0.2, -0.15) is 0 Å². The molecule has 1 N–H and O–H groups in total. The highest BCUT2D eigenvalue weighted by molar-refractivity contribution is 6.13. The lowest BCUT2D eigenvalue weighted by Gasteiger charge is -2.28. The Bertz CT molecular complexity index is 655.